The highest BCUT2D eigenvalue weighted by molar-refractivity contribution is 5.01. The molecule has 20 heavy (non-hydrogen) atoms. The molecule has 0 aromatic carbocycles. The number of fused-ring (bicyclic) bond motifs is 1. The summed E-state index contributed by atoms with van der Waals surface area (Å²) < 4.78 is 16.6. The van der Waals surface area contributed by atoms with E-state index in [2.05, 4.69) is 19.1 Å². The molecule has 0 aromatic heterocycles. The van der Waals surface area contributed by atoms with Crippen LogP contribution in [0.1, 0.15) is 39.0 Å². The summed E-state index contributed by atoms with van der Waals surface area (Å²) in [6.45, 7) is 6.69. The highest BCUT2D eigenvalue weighted by atomic mass is 16.5. The Bertz CT molecular complexity index is 261. The van der Waals surface area contributed by atoms with E-state index in [4.69, 9.17) is 14.2 Å². The van der Waals surface area contributed by atoms with Crippen molar-refractivity contribution in [2.24, 2.45) is 17.8 Å². The summed E-state index contributed by atoms with van der Waals surface area (Å²) in [5.74, 6) is 2.69. The normalized spacial score (nSPS) is 30.4. The van der Waals surface area contributed by atoms with Crippen LogP contribution < -0.4 is 0 Å². The van der Waals surface area contributed by atoms with Crippen LogP contribution in [0.15, 0.2) is 12.2 Å². The number of allylic oxidation sites excluding steroid dienone is 2. The summed E-state index contributed by atoms with van der Waals surface area (Å²) >= 11 is 0. The first-order valence-corrected chi connectivity index (χ1v) is 8.31. The third kappa shape index (κ3) is 5.55. The van der Waals surface area contributed by atoms with Crippen LogP contribution >= 0.6 is 0 Å². The highest BCUT2D eigenvalue weighted by Gasteiger charge is 2.48. The molecule has 0 saturated heterocycles. The van der Waals surface area contributed by atoms with Gasteiger partial charge in [-0.15, -0.1) is 0 Å². The fourth-order valence-electron chi connectivity index (χ4n) is 3.24. The number of ether oxygens (including phenoxy) is 3. The van der Waals surface area contributed by atoms with Crippen molar-refractivity contribution in [1.29, 1.82) is 0 Å². The summed E-state index contributed by atoms with van der Waals surface area (Å²) in [5.41, 5.74) is 0. The van der Waals surface area contributed by atoms with Gasteiger partial charge in [0.1, 0.15) is 0 Å². The molecule has 3 heteroatoms. The van der Waals surface area contributed by atoms with E-state index in [1.165, 1.54) is 25.7 Å². The van der Waals surface area contributed by atoms with Crippen LogP contribution in [0.2, 0.25) is 0 Å². The van der Waals surface area contributed by atoms with Crippen molar-refractivity contribution in [3.05, 3.63) is 12.2 Å². The van der Waals surface area contributed by atoms with Crippen LogP contribution in [0.4, 0.5) is 0 Å². The van der Waals surface area contributed by atoms with Gasteiger partial charge >= 0.3 is 0 Å². The van der Waals surface area contributed by atoms with E-state index in [1.54, 1.807) is 0 Å². The predicted octanol–water partition coefficient (Wildman–Crippen LogP) is 3.44. The summed E-state index contributed by atoms with van der Waals surface area (Å²) in [4.78, 5) is 0. The zero-order valence-corrected chi connectivity index (χ0v) is 12.9. The lowest BCUT2D eigenvalue weighted by Gasteiger charge is -2.06. The van der Waals surface area contributed by atoms with E-state index in [9.17, 15) is 0 Å². The maximum atomic E-state index is 5.77. The van der Waals surface area contributed by atoms with Gasteiger partial charge in [-0.05, 0) is 49.9 Å². The molecule has 0 N–H and O–H groups in total. The molecule has 0 radical (unpaired) electrons. The fraction of sp³-hybridized carbons (Fsp3) is 0.882. The highest BCUT2D eigenvalue weighted by Crippen LogP contribution is 2.52. The van der Waals surface area contributed by atoms with E-state index >= 15 is 0 Å². The van der Waals surface area contributed by atoms with E-state index in [0.717, 1.165) is 44.0 Å². The van der Waals surface area contributed by atoms with Crippen LogP contribution in [-0.2, 0) is 14.2 Å². The summed E-state index contributed by atoms with van der Waals surface area (Å²) in [7, 11) is 0. The second-order valence-corrected chi connectivity index (χ2v) is 5.92. The molecular weight excluding hydrogens is 252 g/mol. The largest absolute Gasteiger partial charge is 0.379 e. The van der Waals surface area contributed by atoms with Crippen molar-refractivity contribution in [3.8, 4) is 0 Å². The Morgan fingerprint density at radius 2 is 1.35 bits per heavy atom. The second-order valence-electron chi connectivity index (χ2n) is 5.92. The number of rotatable bonds is 10. The Balaban J connectivity index is 1.41. The Hall–Kier alpha value is -0.380. The molecule has 1 fully saturated rings. The Morgan fingerprint density at radius 1 is 0.800 bits per heavy atom. The van der Waals surface area contributed by atoms with Crippen molar-refractivity contribution in [2.75, 3.05) is 39.6 Å². The van der Waals surface area contributed by atoms with Crippen LogP contribution in [0.5, 0.6) is 0 Å². The second kappa shape index (κ2) is 9.54. The third-order valence-electron chi connectivity index (χ3n) is 4.41. The van der Waals surface area contributed by atoms with E-state index in [-0.39, 0.29) is 0 Å². The van der Waals surface area contributed by atoms with Crippen molar-refractivity contribution in [1.82, 2.24) is 0 Å². The lowest BCUT2D eigenvalue weighted by Crippen LogP contribution is -2.11. The van der Waals surface area contributed by atoms with E-state index in [1.807, 2.05) is 0 Å². The molecule has 0 aliphatic heterocycles. The quantitative estimate of drug-likeness (QED) is 0.454. The van der Waals surface area contributed by atoms with Crippen LogP contribution in [0, 0.1) is 17.8 Å². The van der Waals surface area contributed by atoms with E-state index < -0.39 is 0 Å². The maximum absolute atomic E-state index is 5.77. The summed E-state index contributed by atoms with van der Waals surface area (Å²) in [6.07, 6.45) is 11.0. The van der Waals surface area contributed by atoms with Gasteiger partial charge in [0.25, 0.3) is 0 Å². The number of hydrogen-bond donors (Lipinski definition) is 0. The molecular formula is C17H30O3. The van der Waals surface area contributed by atoms with Crippen LogP contribution in [0.25, 0.3) is 0 Å². The molecule has 0 spiro atoms. The first kappa shape index (κ1) is 16.0. The molecule has 2 aliphatic carbocycles. The van der Waals surface area contributed by atoms with E-state index in [0.29, 0.717) is 19.8 Å². The molecule has 2 aliphatic rings. The zero-order chi connectivity index (χ0) is 14.0. The SMILES string of the molecule is CCCOCCOCCOCC1[C@H]2CC/C=C/CC[C@@H]12. The van der Waals surface area contributed by atoms with Crippen LogP contribution in [0.3, 0.4) is 0 Å². The zero-order valence-electron chi connectivity index (χ0n) is 12.9. The molecule has 2 rings (SSSR count). The number of hydrogen-bond acceptors (Lipinski definition) is 3. The minimum absolute atomic E-state index is 0.684. The van der Waals surface area contributed by atoms with Gasteiger partial charge in [0.15, 0.2) is 0 Å². The smallest absolute Gasteiger partial charge is 0.0701 e. The minimum atomic E-state index is 0.684. The first-order chi connectivity index (χ1) is 9.93. The average Bonchev–Trinajstić information content (AvgIpc) is 3.06. The monoisotopic (exact) mass is 282 g/mol. The van der Waals surface area contributed by atoms with Gasteiger partial charge in [-0.2, -0.15) is 0 Å². The standard InChI is InChI=1S/C17H30O3/c1-2-9-18-10-11-19-12-13-20-14-17-15-7-5-3-4-6-8-16(15)17/h3-4,15-17H,2,5-14H2,1H3/b4-3+/t15-,16+,17?. The Morgan fingerprint density at radius 3 is 1.95 bits per heavy atom. The van der Waals surface area contributed by atoms with Gasteiger partial charge in [0.05, 0.1) is 33.0 Å². The lowest BCUT2D eigenvalue weighted by atomic mass is 10.1. The third-order valence-corrected chi connectivity index (χ3v) is 4.41. The minimum Gasteiger partial charge on any atom is -0.379 e. The molecule has 1 unspecified atom stereocenters. The molecule has 3 atom stereocenters. The van der Waals surface area contributed by atoms with Gasteiger partial charge in [-0.25, -0.2) is 0 Å². The van der Waals surface area contributed by atoms with Gasteiger partial charge in [-0.1, -0.05) is 19.1 Å². The van der Waals surface area contributed by atoms with Gasteiger partial charge < -0.3 is 14.2 Å². The van der Waals surface area contributed by atoms with Crippen molar-refractivity contribution in [2.45, 2.75) is 39.0 Å². The maximum Gasteiger partial charge on any atom is 0.0701 e. The molecule has 0 bridgehead atoms. The molecule has 0 heterocycles. The molecule has 1 saturated carbocycles. The Labute approximate surface area is 123 Å². The van der Waals surface area contributed by atoms with Gasteiger partial charge in [0.2, 0.25) is 0 Å². The van der Waals surface area contributed by atoms with Gasteiger partial charge in [-0.3, -0.25) is 0 Å². The van der Waals surface area contributed by atoms with Crippen molar-refractivity contribution in [3.63, 3.8) is 0 Å². The van der Waals surface area contributed by atoms with Crippen LogP contribution in [-0.4, -0.2) is 39.6 Å². The molecule has 0 amide bonds. The Kier molecular flexibility index (Phi) is 7.63. The predicted molar refractivity (Wildman–Crippen MR) is 80.8 cm³/mol. The van der Waals surface area contributed by atoms with Crippen molar-refractivity contribution < 1.29 is 14.2 Å². The van der Waals surface area contributed by atoms with Gasteiger partial charge in [0, 0.05) is 6.61 Å². The topological polar surface area (TPSA) is 27.7 Å². The molecule has 0 aromatic rings. The summed E-state index contributed by atoms with van der Waals surface area (Å²) in [6, 6.07) is 0. The molecule has 116 valence electrons. The average molecular weight is 282 g/mol. The molecule has 3 nitrogen and oxygen atoms in total. The van der Waals surface area contributed by atoms with Crippen molar-refractivity contribution >= 4 is 0 Å². The summed E-state index contributed by atoms with van der Waals surface area (Å²) in [5, 5.41) is 0. The fourth-order valence-corrected chi connectivity index (χ4v) is 3.24. The lowest BCUT2D eigenvalue weighted by molar-refractivity contribution is 0.0114. The first-order valence-electron chi connectivity index (χ1n) is 8.31.